The van der Waals surface area contributed by atoms with Gasteiger partial charge < -0.3 is 15.2 Å². The molecule has 0 unspecified atom stereocenters. The molecule has 1 fully saturated rings. The predicted octanol–water partition coefficient (Wildman–Crippen LogP) is 2.74. The molecule has 1 aromatic carbocycles. The van der Waals surface area contributed by atoms with Crippen molar-refractivity contribution in [2.45, 2.75) is 31.8 Å². The van der Waals surface area contributed by atoms with Gasteiger partial charge in [0.25, 0.3) is 5.69 Å². The van der Waals surface area contributed by atoms with Crippen molar-refractivity contribution in [2.24, 2.45) is 0 Å². The van der Waals surface area contributed by atoms with Crippen molar-refractivity contribution in [3.8, 4) is 0 Å². The highest BCUT2D eigenvalue weighted by molar-refractivity contribution is 9.10. The molecule has 3 aromatic rings. The van der Waals surface area contributed by atoms with Crippen LogP contribution in [-0.4, -0.2) is 58.8 Å². The molecule has 0 saturated carbocycles. The molecule has 0 radical (unpaired) electrons. The van der Waals surface area contributed by atoms with Crippen LogP contribution in [0.25, 0.3) is 0 Å². The van der Waals surface area contributed by atoms with Crippen molar-refractivity contribution < 1.29 is 14.7 Å². The van der Waals surface area contributed by atoms with E-state index in [1.54, 1.807) is 18.7 Å². The Hall–Kier alpha value is -2.46. The average Bonchev–Trinajstić information content (AvgIpc) is 3.32. The largest absolute Gasteiger partial charge is 0.359 e. The molecule has 3 N–H and O–H groups in total. The van der Waals surface area contributed by atoms with Crippen LogP contribution < -0.4 is 15.4 Å². The molecule has 8 nitrogen and oxygen atoms in total. The number of hydrogen-bond acceptors (Lipinski definition) is 5. The summed E-state index contributed by atoms with van der Waals surface area (Å²) < 4.78 is 4.18. The second-order valence-corrected chi connectivity index (χ2v) is 10.0. The quantitative estimate of drug-likeness (QED) is 0.186. The van der Waals surface area contributed by atoms with Gasteiger partial charge in [-0.05, 0) is 64.5 Å². The lowest BCUT2D eigenvalue weighted by Crippen LogP contribution is -2.49. The summed E-state index contributed by atoms with van der Waals surface area (Å²) in [6, 6.07) is 8.34. The van der Waals surface area contributed by atoms with Crippen LogP contribution >= 0.6 is 27.5 Å². The van der Waals surface area contributed by atoms with Crippen molar-refractivity contribution in [1.82, 2.24) is 25.1 Å². The zero-order valence-electron chi connectivity index (χ0n) is 19.5. The number of aryl methyl sites for hydroxylation is 3. The highest BCUT2D eigenvalue weighted by Gasteiger charge is 2.37. The van der Waals surface area contributed by atoms with Crippen molar-refractivity contribution in [3.05, 3.63) is 81.1 Å². The van der Waals surface area contributed by atoms with Crippen LogP contribution in [0.15, 0.2) is 53.7 Å². The van der Waals surface area contributed by atoms with E-state index in [-0.39, 0.29) is 6.04 Å². The Morgan fingerprint density at radius 2 is 2.06 bits per heavy atom. The number of pyridine rings is 1. The Morgan fingerprint density at radius 1 is 1.26 bits per heavy atom. The number of hydrogen-bond donors (Lipinski definition) is 3. The number of halogens is 2. The molecule has 1 aliphatic carbocycles. The van der Waals surface area contributed by atoms with Crippen LogP contribution in [0.2, 0.25) is 5.02 Å². The summed E-state index contributed by atoms with van der Waals surface area (Å²) in [4.78, 5) is 16.2. The molecule has 1 saturated heterocycles. The minimum atomic E-state index is 0.0509. The Kier molecular flexibility index (Phi) is 9.14. The topological polar surface area (TPSA) is 86.3 Å². The van der Waals surface area contributed by atoms with Crippen LogP contribution in [0.5, 0.6) is 0 Å². The lowest BCUT2D eigenvalue weighted by atomic mass is 9.96. The van der Waals surface area contributed by atoms with Gasteiger partial charge in [-0.25, -0.2) is 4.98 Å². The minimum absolute atomic E-state index is 0.0509. The first-order valence-electron chi connectivity index (χ1n) is 11.9. The molecule has 2 aromatic heterocycles. The fourth-order valence-corrected chi connectivity index (χ4v) is 5.40. The predicted molar refractivity (Wildman–Crippen MR) is 138 cm³/mol. The molecular weight excluding hydrogens is 532 g/mol. The fourth-order valence-electron chi connectivity index (χ4n) is 4.74. The Morgan fingerprint density at radius 3 is 2.80 bits per heavy atom. The van der Waals surface area contributed by atoms with Gasteiger partial charge in [-0.2, -0.15) is 0 Å². The third-order valence-corrected chi connectivity index (χ3v) is 7.02. The van der Waals surface area contributed by atoms with Gasteiger partial charge in [0.1, 0.15) is 6.04 Å². The number of carbonyl (C=O) groups excluding carboxylic acids is 1. The zero-order valence-corrected chi connectivity index (χ0v) is 21.9. The molecule has 186 valence electrons. The van der Waals surface area contributed by atoms with Crippen LogP contribution in [0, 0.1) is 0 Å². The summed E-state index contributed by atoms with van der Waals surface area (Å²) in [5.41, 5.74) is 4.69. The van der Waals surface area contributed by atoms with E-state index >= 15 is 0 Å². The Labute approximate surface area is 219 Å². The minimum Gasteiger partial charge on any atom is -0.359 e. The molecule has 0 bridgehead atoms. The van der Waals surface area contributed by atoms with Crippen LogP contribution in [0.4, 0.5) is 0 Å². The number of benzene rings is 1. The lowest BCUT2D eigenvalue weighted by molar-refractivity contribution is -0.911. The summed E-state index contributed by atoms with van der Waals surface area (Å²) in [5, 5.41) is 17.4. The van der Waals surface area contributed by atoms with E-state index in [0.717, 1.165) is 73.7 Å². The number of nitrogens with zero attached hydrogens (tertiary/aromatic N) is 4. The average molecular weight is 563 g/mol. The Bertz CT molecular complexity index is 1120. The number of amides is 1. The van der Waals surface area contributed by atoms with Crippen LogP contribution in [-0.2, 0) is 24.2 Å². The number of carbonyl (C=O) groups is 1. The summed E-state index contributed by atoms with van der Waals surface area (Å²) in [6.07, 6.45) is 10.6. The molecule has 1 aliphatic heterocycles. The number of nitrogens with one attached hydrogen (secondary N) is 2. The molecule has 1 amide bonds. The molecule has 0 spiro atoms. The third-order valence-electron chi connectivity index (χ3n) is 6.35. The van der Waals surface area contributed by atoms with E-state index < -0.39 is 0 Å². The van der Waals surface area contributed by atoms with Crippen molar-refractivity contribution in [3.63, 3.8) is 0 Å². The highest BCUT2D eigenvalue weighted by atomic mass is 79.9. The summed E-state index contributed by atoms with van der Waals surface area (Å²) in [5.74, 6) is 0. The molecule has 1 atom stereocenters. The van der Waals surface area contributed by atoms with E-state index in [4.69, 9.17) is 11.6 Å². The maximum Gasteiger partial charge on any atom is 0.258 e. The normalized spacial score (nSPS) is 17.4. The van der Waals surface area contributed by atoms with Crippen LogP contribution in [0.3, 0.4) is 0 Å². The molecule has 5 rings (SSSR count). The molecule has 3 heterocycles. The lowest BCUT2D eigenvalue weighted by Gasteiger charge is -2.33. The summed E-state index contributed by atoms with van der Waals surface area (Å²) >= 11 is 9.75. The molecular formula is C25H31BrClN6O2+. The van der Waals surface area contributed by atoms with Gasteiger partial charge in [0, 0.05) is 67.0 Å². The van der Waals surface area contributed by atoms with E-state index in [2.05, 4.69) is 54.6 Å². The fraction of sp³-hybridized carbons (Fsp3) is 0.400. The van der Waals surface area contributed by atoms with Gasteiger partial charge >= 0.3 is 0 Å². The number of piperazine rings is 1. The van der Waals surface area contributed by atoms with E-state index in [0.29, 0.717) is 6.41 Å². The Balaban J connectivity index is 0.000000221. The summed E-state index contributed by atoms with van der Waals surface area (Å²) in [7, 11) is 0. The number of aromatic nitrogens is 3. The van der Waals surface area contributed by atoms with Gasteiger partial charge in [-0.3, -0.25) is 14.9 Å². The highest BCUT2D eigenvalue weighted by Crippen LogP contribution is 2.36. The van der Waals surface area contributed by atoms with Gasteiger partial charge in [0.05, 0.1) is 10.8 Å². The van der Waals surface area contributed by atoms with Crippen molar-refractivity contribution in [2.75, 3.05) is 32.7 Å². The van der Waals surface area contributed by atoms with Gasteiger partial charge in [-0.1, -0.05) is 17.7 Å². The number of fused-ring (bicyclic) bond motifs is 2. The first-order valence-corrected chi connectivity index (χ1v) is 13.0. The number of rotatable bonds is 6. The van der Waals surface area contributed by atoms with E-state index in [1.165, 1.54) is 21.4 Å². The maximum absolute atomic E-state index is 10.7. The van der Waals surface area contributed by atoms with Gasteiger partial charge in [0.2, 0.25) is 12.6 Å². The number of imidazole rings is 1. The van der Waals surface area contributed by atoms with Crippen LogP contribution in [0.1, 0.15) is 34.8 Å². The maximum atomic E-state index is 10.7. The van der Waals surface area contributed by atoms with E-state index in [1.807, 2.05) is 16.8 Å². The molecule has 35 heavy (non-hydrogen) atoms. The van der Waals surface area contributed by atoms with Crippen molar-refractivity contribution in [1.29, 1.82) is 0 Å². The zero-order chi connectivity index (χ0) is 24.6. The van der Waals surface area contributed by atoms with E-state index in [9.17, 15) is 10.0 Å². The molecule has 10 heteroatoms. The summed E-state index contributed by atoms with van der Waals surface area (Å²) in [6.45, 7) is 5.49. The standard InChI is InChI=1S/C18H20BrClN3O.C7H11N3O/c19-14-9-13-2-1-12-10-15(20)3-4-16(12)18(17(13)23(24)11-14)22-7-5-21-6-8-22;11-7-9-2-1-4-10-5-3-8-6-10/h3-4,9-11,18,21,24H,1-2,5-8H2;3,5-7H,1-2,4H2,(H,9,11)/q+1;/t18-;/m1./s1. The second kappa shape index (κ2) is 12.5. The first kappa shape index (κ1) is 25.6. The third kappa shape index (κ3) is 6.61. The SMILES string of the molecule is O=CNCCCn1ccnc1.O[n+]1cc(Br)cc2c1[C@H](N1CCNCC1)c1ccc(Cl)cc1CC2. The van der Waals surface area contributed by atoms with Crippen molar-refractivity contribution >= 4 is 33.9 Å². The van der Waals surface area contributed by atoms with Gasteiger partial charge in [-0.15, -0.1) is 0 Å². The smallest absolute Gasteiger partial charge is 0.258 e. The monoisotopic (exact) mass is 561 g/mol. The first-order chi connectivity index (χ1) is 17.1. The molecule has 2 aliphatic rings. The van der Waals surface area contributed by atoms with Gasteiger partial charge in [0.15, 0.2) is 0 Å². The second-order valence-electron chi connectivity index (χ2n) is 8.67.